The summed E-state index contributed by atoms with van der Waals surface area (Å²) in [6.45, 7) is 4.30. The van der Waals surface area contributed by atoms with E-state index in [4.69, 9.17) is 14.2 Å². The number of ether oxygens (including phenoxy) is 3. The Hall–Kier alpha value is -2.12. The molecule has 0 aromatic rings. The summed E-state index contributed by atoms with van der Waals surface area (Å²) in [5, 5.41) is 54.2. The summed E-state index contributed by atoms with van der Waals surface area (Å²) >= 11 is 0. The maximum atomic E-state index is 13.0. The molecule has 1 fully saturated rings. The van der Waals surface area contributed by atoms with E-state index in [9.17, 15) is 35.1 Å². The van der Waals surface area contributed by atoms with Gasteiger partial charge in [0, 0.05) is 12.8 Å². The number of unbranched alkanes of at least 4 members (excludes halogenated alkanes) is 41. The molecular weight excluding hydrogens is 991 g/mol. The predicted octanol–water partition coefficient (Wildman–Crippen LogP) is 16.6. The number of carbonyl (C=O) groups excluding carboxylic acids is 2. The molecule has 0 bridgehead atoms. The quantitative estimate of drug-likeness (QED) is 0.0195. The van der Waals surface area contributed by atoms with E-state index in [2.05, 4.69) is 43.5 Å². The molecule has 1 heterocycles. The van der Waals surface area contributed by atoms with E-state index < -0.39 is 49.5 Å². The fourth-order valence-corrected chi connectivity index (χ4v) is 10.6. The van der Waals surface area contributed by atoms with E-state index in [0.29, 0.717) is 19.4 Å². The summed E-state index contributed by atoms with van der Waals surface area (Å²) < 4.78 is 16.7. The zero-order valence-electron chi connectivity index (χ0n) is 51.3. The molecule has 7 unspecified atom stereocenters. The smallest absolute Gasteiger partial charge is 0.305 e. The van der Waals surface area contributed by atoms with E-state index in [1.807, 2.05) is 6.08 Å². The van der Waals surface area contributed by atoms with Crippen molar-refractivity contribution in [2.45, 2.75) is 365 Å². The van der Waals surface area contributed by atoms with Gasteiger partial charge in [-0.15, -0.1) is 0 Å². The third-order valence-electron chi connectivity index (χ3n) is 16.0. The molecule has 0 aromatic heterocycles. The van der Waals surface area contributed by atoms with Crippen LogP contribution < -0.4 is 5.32 Å². The number of aliphatic hydroxyl groups excluding tert-OH is 5. The van der Waals surface area contributed by atoms with E-state index in [-0.39, 0.29) is 18.5 Å². The molecule has 1 rings (SSSR count). The Labute approximate surface area is 485 Å². The fraction of sp³-hybridized carbons (Fsp3) is 0.882. The van der Waals surface area contributed by atoms with Gasteiger partial charge in [-0.2, -0.15) is 0 Å². The molecule has 0 aromatic carbocycles. The van der Waals surface area contributed by atoms with Crippen LogP contribution in [0.2, 0.25) is 0 Å². The highest BCUT2D eigenvalue weighted by molar-refractivity contribution is 5.76. The second-order valence-corrected chi connectivity index (χ2v) is 23.5. The number of hydrogen-bond acceptors (Lipinski definition) is 10. The van der Waals surface area contributed by atoms with Crippen molar-refractivity contribution in [3.63, 3.8) is 0 Å². The van der Waals surface area contributed by atoms with Crippen LogP contribution in [0.5, 0.6) is 0 Å². The number of carbonyl (C=O) groups is 2. The molecule has 1 saturated heterocycles. The number of nitrogens with one attached hydrogen (secondary N) is 1. The van der Waals surface area contributed by atoms with Crippen molar-refractivity contribution >= 4 is 11.9 Å². The van der Waals surface area contributed by atoms with Gasteiger partial charge >= 0.3 is 5.97 Å². The van der Waals surface area contributed by atoms with Crippen molar-refractivity contribution < 1.29 is 49.3 Å². The highest BCUT2D eigenvalue weighted by atomic mass is 16.7. The highest BCUT2D eigenvalue weighted by Crippen LogP contribution is 2.23. The van der Waals surface area contributed by atoms with Crippen molar-refractivity contribution in [3.05, 3.63) is 36.5 Å². The van der Waals surface area contributed by atoms with E-state index >= 15 is 0 Å². The number of amides is 1. The van der Waals surface area contributed by atoms with Gasteiger partial charge in [-0.1, -0.05) is 275 Å². The second-order valence-electron chi connectivity index (χ2n) is 23.5. The van der Waals surface area contributed by atoms with Gasteiger partial charge in [0.2, 0.25) is 5.91 Å². The van der Waals surface area contributed by atoms with Gasteiger partial charge < -0.3 is 45.1 Å². The van der Waals surface area contributed by atoms with Crippen LogP contribution in [-0.2, 0) is 23.8 Å². The molecular formula is C68H127NO10. The van der Waals surface area contributed by atoms with Gasteiger partial charge in [0.15, 0.2) is 6.29 Å². The Morgan fingerprint density at radius 2 is 0.823 bits per heavy atom. The lowest BCUT2D eigenvalue weighted by atomic mass is 9.99. The molecule has 464 valence electrons. The summed E-state index contributed by atoms with van der Waals surface area (Å²) in [5.74, 6) is -0.182. The molecule has 0 spiro atoms. The van der Waals surface area contributed by atoms with Crippen LogP contribution in [0.15, 0.2) is 36.5 Å². The molecule has 0 radical (unpaired) electrons. The summed E-state index contributed by atoms with van der Waals surface area (Å²) in [4.78, 5) is 25.0. The average molecular weight is 1120 g/mol. The van der Waals surface area contributed by atoms with Crippen molar-refractivity contribution in [1.82, 2.24) is 5.32 Å². The zero-order valence-corrected chi connectivity index (χ0v) is 51.3. The van der Waals surface area contributed by atoms with Crippen molar-refractivity contribution in [2.24, 2.45) is 0 Å². The molecule has 11 heteroatoms. The Balaban J connectivity index is 1.93. The lowest BCUT2D eigenvalue weighted by Gasteiger charge is -2.40. The van der Waals surface area contributed by atoms with Crippen LogP contribution in [0.3, 0.4) is 0 Å². The SMILES string of the molecule is CCCCC/C=C/CC/C=C/C(O)C(COC1OC(CO)C(O)C(O)C1O)NC(=O)CCCCCCCCCCCCCCCCC/C=C\CCCCCCCCCCCCCCOC(=O)CCCCCCCCCCCCC. The molecule has 79 heavy (non-hydrogen) atoms. The number of allylic oxidation sites excluding steroid dienone is 5. The summed E-state index contributed by atoms with van der Waals surface area (Å²) in [7, 11) is 0. The number of hydrogen-bond donors (Lipinski definition) is 6. The molecule has 6 N–H and O–H groups in total. The monoisotopic (exact) mass is 1120 g/mol. The standard InChI is InChI=1S/C68H127NO10/c1-3-5-7-9-11-13-35-40-44-48-52-56-64(73)77-57-53-49-45-41-37-34-32-30-28-26-24-22-20-18-16-14-15-17-19-21-23-25-27-29-31-33-36-39-43-47-51-55-63(72)69-60(61(71)54-50-46-42-38-12-10-8-6-4-2)59-78-68-67(76)66(75)65(74)62(58-70)79-68/h12,16,18,38,50,54,60-62,65-68,70-71,74-76H,3-11,13-15,17,19-37,39-49,51-53,55-59H2,1-2H3,(H,69,72)/b18-16-,38-12+,54-50+. The molecule has 1 amide bonds. The van der Waals surface area contributed by atoms with E-state index in [0.717, 1.165) is 51.4 Å². The average Bonchev–Trinajstić information content (AvgIpc) is 3.49. The van der Waals surface area contributed by atoms with E-state index in [1.54, 1.807) is 6.08 Å². The summed E-state index contributed by atoms with van der Waals surface area (Å²) in [5.41, 5.74) is 0. The Morgan fingerprint density at radius 1 is 0.456 bits per heavy atom. The molecule has 11 nitrogen and oxygen atoms in total. The first kappa shape index (κ1) is 74.9. The van der Waals surface area contributed by atoms with Gasteiger partial charge in [-0.25, -0.2) is 0 Å². The van der Waals surface area contributed by atoms with E-state index in [1.165, 1.54) is 244 Å². The van der Waals surface area contributed by atoms with Crippen molar-refractivity contribution in [1.29, 1.82) is 0 Å². The molecule has 0 aliphatic carbocycles. The minimum atomic E-state index is -1.57. The first-order chi connectivity index (χ1) is 38.7. The van der Waals surface area contributed by atoms with Gasteiger partial charge in [0.25, 0.3) is 0 Å². The van der Waals surface area contributed by atoms with Crippen LogP contribution in [0.1, 0.15) is 322 Å². The molecule has 1 aliphatic rings. The van der Waals surface area contributed by atoms with Gasteiger partial charge in [0.1, 0.15) is 24.4 Å². The lowest BCUT2D eigenvalue weighted by molar-refractivity contribution is -0.302. The summed E-state index contributed by atoms with van der Waals surface area (Å²) in [6, 6.07) is -0.824. The first-order valence-corrected chi connectivity index (χ1v) is 33.8. The maximum absolute atomic E-state index is 13.0. The zero-order chi connectivity index (χ0) is 57.3. The number of rotatable bonds is 59. The minimum absolute atomic E-state index is 0.00921. The Kier molecular flexibility index (Phi) is 54.7. The Bertz CT molecular complexity index is 1410. The van der Waals surface area contributed by atoms with Gasteiger partial charge in [-0.05, 0) is 70.6 Å². The largest absolute Gasteiger partial charge is 0.466 e. The van der Waals surface area contributed by atoms with Crippen LogP contribution in [0, 0.1) is 0 Å². The maximum Gasteiger partial charge on any atom is 0.305 e. The topological polar surface area (TPSA) is 175 Å². The number of aliphatic hydroxyl groups is 5. The van der Waals surface area contributed by atoms with Crippen LogP contribution in [-0.4, -0.2) is 100 Å². The lowest BCUT2D eigenvalue weighted by Crippen LogP contribution is -2.60. The van der Waals surface area contributed by atoms with Crippen molar-refractivity contribution in [2.75, 3.05) is 19.8 Å². The third kappa shape index (κ3) is 47.0. The van der Waals surface area contributed by atoms with Crippen molar-refractivity contribution in [3.8, 4) is 0 Å². The van der Waals surface area contributed by atoms with Gasteiger partial charge in [-0.3, -0.25) is 9.59 Å². The molecule has 0 saturated carbocycles. The predicted molar refractivity (Wildman–Crippen MR) is 329 cm³/mol. The van der Waals surface area contributed by atoms with Gasteiger partial charge in [0.05, 0.1) is 32.0 Å². The fourth-order valence-electron chi connectivity index (χ4n) is 10.6. The second kappa shape index (κ2) is 57.7. The van der Waals surface area contributed by atoms with Crippen LogP contribution >= 0.6 is 0 Å². The first-order valence-electron chi connectivity index (χ1n) is 33.8. The molecule has 1 aliphatic heterocycles. The van der Waals surface area contributed by atoms with Crippen LogP contribution in [0.25, 0.3) is 0 Å². The number of esters is 1. The Morgan fingerprint density at radius 3 is 1.28 bits per heavy atom. The summed E-state index contributed by atoms with van der Waals surface area (Å²) in [6.07, 6.45) is 63.0. The minimum Gasteiger partial charge on any atom is -0.466 e. The van der Waals surface area contributed by atoms with Crippen LogP contribution in [0.4, 0.5) is 0 Å². The molecule has 7 atom stereocenters. The normalized spacial score (nSPS) is 18.6. The third-order valence-corrected chi connectivity index (χ3v) is 16.0. The highest BCUT2D eigenvalue weighted by Gasteiger charge is 2.44.